The van der Waals surface area contributed by atoms with Crippen LogP contribution in [-0.4, -0.2) is 18.5 Å². The highest BCUT2D eigenvalue weighted by Gasteiger charge is 2.02. The van der Waals surface area contributed by atoms with Crippen molar-refractivity contribution >= 4 is 11.9 Å². The molecule has 24 heavy (non-hydrogen) atoms. The van der Waals surface area contributed by atoms with Crippen molar-refractivity contribution in [3.8, 4) is 11.5 Å². The largest absolute Gasteiger partial charge is 0.463 e. The Morgan fingerprint density at radius 1 is 0.833 bits per heavy atom. The molecule has 0 bridgehead atoms. The van der Waals surface area contributed by atoms with E-state index in [1.165, 1.54) is 0 Å². The molecule has 2 rings (SSSR count). The fourth-order valence-electron chi connectivity index (χ4n) is 1.81. The van der Waals surface area contributed by atoms with E-state index in [1.807, 2.05) is 30.3 Å². The molecule has 0 aliphatic heterocycles. The summed E-state index contributed by atoms with van der Waals surface area (Å²) in [7, 11) is 0. The van der Waals surface area contributed by atoms with Gasteiger partial charge in [0.05, 0.1) is 6.61 Å². The Bertz CT molecular complexity index is 689. The Morgan fingerprint density at radius 2 is 1.42 bits per heavy atom. The summed E-state index contributed by atoms with van der Waals surface area (Å²) < 4.78 is 15.4. The first-order valence-corrected chi connectivity index (χ1v) is 7.51. The molecular formula is C19H18O5. The summed E-state index contributed by atoms with van der Waals surface area (Å²) in [5.41, 5.74) is 0.813. The van der Waals surface area contributed by atoms with Crippen LogP contribution in [0, 0.1) is 0 Å². The summed E-state index contributed by atoms with van der Waals surface area (Å²) in [5, 5.41) is 0. The van der Waals surface area contributed by atoms with Crippen LogP contribution in [0.5, 0.6) is 11.5 Å². The van der Waals surface area contributed by atoms with Crippen LogP contribution in [0.2, 0.25) is 0 Å². The molecule has 0 radical (unpaired) electrons. The van der Waals surface area contributed by atoms with Crippen molar-refractivity contribution in [3.63, 3.8) is 0 Å². The van der Waals surface area contributed by atoms with Crippen LogP contribution in [0.4, 0.5) is 0 Å². The van der Waals surface area contributed by atoms with Crippen molar-refractivity contribution in [2.75, 3.05) is 6.61 Å². The van der Waals surface area contributed by atoms with Gasteiger partial charge >= 0.3 is 11.9 Å². The van der Waals surface area contributed by atoms with E-state index in [0.717, 1.165) is 23.5 Å². The van der Waals surface area contributed by atoms with Gasteiger partial charge in [0.15, 0.2) is 0 Å². The van der Waals surface area contributed by atoms with E-state index >= 15 is 0 Å². The number of ether oxygens (including phenoxy) is 3. The topological polar surface area (TPSA) is 61.8 Å². The minimum absolute atomic E-state index is 0.109. The highest BCUT2D eigenvalue weighted by Crippen LogP contribution is 2.21. The van der Waals surface area contributed by atoms with Gasteiger partial charge in [-0.05, 0) is 36.8 Å². The second-order valence-electron chi connectivity index (χ2n) is 4.75. The van der Waals surface area contributed by atoms with E-state index in [2.05, 4.69) is 4.74 Å². The summed E-state index contributed by atoms with van der Waals surface area (Å²) in [6, 6.07) is 16.6. The molecule has 0 unspecified atom stereocenters. The number of para-hydroxylation sites is 1. The van der Waals surface area contributed by atoms with Gasteiger partial charge in [-0.2, -0.15) is 0 Å². The van der Waals surface area contributed by atoms with Gasteiger partial charge in [-0.25, -0.2) is 9.59 Å². The van der Waals surface area contributed by atoms with Crippen molar-refractivity contribution in [1.82, 2.24) is 0 Å². The molecule has 0 aliphatic carbocycles. The normalized spacial score (nSPS) is 10.4. The van der Waals surface area contributed by atoms with Gasteiger partial charge in [-0.15, -0.1) is 0 Å². The Hall–Kier alpha value is -3.08. The molecule has 0 saturated heterocycles. The third-order valence-electron chi connectivity index (χ3n) is 2.93. The summed E-state index contributed by atoms with van der Waals surface area (Å²) in [5.74, 6) is 0.267. The Balaban J connectivity index is 1.81. The van der Waals surface area contributed by atoms with Crippen LogP contribution >= 0.6 is 0 Å². The minimum Gasteiger partial charge on any atom is -0.463 e. The maximum Gasteiger partial charge on any atom is 0.331 e. The lowest BCUT2D eigenvalue weighted by molar-refractivity contribution is -0.141. The van der Waals surface area contributed by atoms with E-state index < -0.39 is 11.9 Å². The standard InChI is InChI=1S/C19H18O5/c1-2-22-18(20)12-13-19(21)23-14-15-8-10-17(11-9-15)24-16-6-4-3-5-7-16/h3-13H,2,14H2,1H3/b13-12+. The molecule has 0 heterocycles. The van der Waals surface area contributed by atoms with Gasteiger partial charge in [0.1, 0.15) is 18.1 Å². The zero-order chi connectivity index (χ0) is 17.2. The smallest absolute Gasteiger partial charge is 0.331 e. The maximum absolute atomic E-state index is 11.5. The first kappa shape index (κ1) is 17.3. The minimum atomic E-state index is -0.604. The Morgan fingerprint density at radius 3 is 2.04 bits per heavy atom. The van der Waals surface area contributed by atoms with Gasteiger partial charge in [-0.1, -0.05) is 30.3 Å². The van der Waals surface area contributed by atoms with Crippen LogP contribution in [0.25, 0.3) is 0 Å². The van der Waals surface area contributed by atoms with Crippen molar-refractivity contribution in [2.24, 2.45) is 0 Å². The molecule has 5 nitrogen and oxygen atoms in total. The molecule has 2 aromatic rings. The summed E-state index contributed by atoms with van der Waals surface area (Å²) in [4.78, 5) is 22.6. The van der Waals surface area contributed by atoms with Gasteiger partial charge in [0.2, 0.25) is 0 Å². The molecule has 0 spiro atoms. The van der Waals surface area contributed by atoms with Crippen LogP contribution in [0.3, 0.4) is 0 Å². The van der Waals surface area contributed by atoms with Crippen LogP contribution < -0.4 is 4.74 Å². The number of benzene rings is 2. The Labute approximate surface area is 140 Å². The molecule has 124 valence electrons. The van der Waals surface area contributed by atoms with E-state index in [1.54, 1.807) is 31.2 Å². The predicted molar refractivity (Wildman–Crippen MR) is 88.5 cm³/mol. The van der Waals surface area contributed by atoms with E-state index in [4.69, 9.17) is 9.47 Å². The highest BCUT2D eigenvalue weighted by atomic mass is 16.5. The number of esters is 2. The Kier molecular flexibility index (Phi) is 6.58. The molecule has 2 aromatic carbocycles. The third kappa shape index (κ3) is 5.96. The molecule has 0 aromatic heterocycles. The molecule has 0 aliphatic rings. The fourth-order valence-corrected chi connectivity index (χ4v) is 1.81. The van der Waals surface area contributed by atoms with Crippen molar-refractivity contribution in [2.45, 2.75) is 13.5 Å². The number of carbonyl (C=O) groups is 2. The quantitative estimate of drug-likeness (QED) is 0.574. The van der Waals surface area contributed by atoms with E-state index in [9.17, 15) is 9.59 Å². The second-order valence-corrected chi connectivity index (χ2v) is 4.75. The number of hydrogen-bond donors (Lipinski definition) is 0. The molecule has 0 amide bonds. The summed E-state index contributed by atoms with van der Waals surface area (Å²) in [6.07, 6.45) is 2.09. The number of hydrogen-bond acceptors (Lipinski definition) is 5. The molecule has 0 fully saturated rings. The van der Waals surface area contributed by atoms with Crippen molar-refractivity contribution in [3.05, 3.63) is 72.3 Å². The molecule has 0 saturated carbocycles. The van der Waals surface area contributed by atoms with E-state index in [-0.39, 0.29) is 13.2 Å². The summed E-state index contributed by atoms with van der Waals surface area (Å²) >= 11 is 0. The lowest BCUT2D eigenvalue weighted by atomic mass is 10.2. The van der Waals surface area contributed by atoms with Crippen molar-refractivity contribution < 1.29 is 23.8 Å². The lowest BCUT2D eigenvalue weighted by Crippen LogP contribution is -2.04. The van der Waals surface area contributed by atoms with Crippen LogP contribution in [0.1, 0.15) is 12.5 Å². The van der Waals surface area contributed by atoms with Crippen LogP contribution in [-0.2, 0) is 25.7 Å². The van der Waals surface area contributed by atoms with Crippen LogP contribution in [0.15, 0.2) is 66.7 Å². The number of rotatable bonds is 7. The van der Waals surface area contributed by atoms with Gasteiger partial charge in [-0.3, -0.25) is 0 Å². The average Bonchev–Trinajstić information content (AvgIpc) is 2.60. The lowest BCUT2D eigenvalue weighted by Gasteiger charge is -2.07. The predicted octanol–water partition coefficient (Wildman–Crippen LogP) is 3.64. The summed E-state index contributed by atoms with van der Waals surface area (Å²) in [6.45, 7) is 2.06. The highest BCUT2D eigenvalue weighted by molar-refractivity contribution is 5.91. The van der Waals surface area contributed by atoms with Gasteiger partial charge < -0.3 is 14.2 Å². The van der Waals surface area contributed by atoms with Gasteiger partial charge in [0.25, 0.3) is 0 Å². The van der Waals surface area contributed by atoms with Crippen molar-refractivity contribution in [1.29, 1.82) is 0 Å². The first-order chi connectivity index (χ1) is 11.7. The molecule has 5 heteroatoms. The maximum atomic E-state index is 11.5. The third-order valence-corrected chi connectivity index (χ3v) is 2.93. The monoisotopic (exact) mass is 326 g/mol. The molecular weight excluding hydrogens is 308 g/mol. The van der Waals surface area contributed by atoms with Gasteiger partial charge in [0, 0.05) is 12.2 Å². The molecule has 0 atom stereocenters. The fraction of sp³-hybridized carbons (Fsp3) is 0.158. The number of carbonyl (C=O) groups excluding carboxylic acids is 2. The average molecular weight is 326 g/mol. The SMILES string of the molecule is CCOC(=O)/C=C/C(=O)OCc1ccc(Oc2ccccc2)cc1. The molecule has 0 N–H and O–H groups in total. The first-order valence-electron chi connectivity index (χ1n) is 7.51. The zero-order valence-corrected chi connectivity index (χ0v) is 13.3. The zero-order valence-electron chi connectivity index (χ0n) is 13.3. The second kappa shape index (κ2) is 9.15. The van der Waals surface area contributed by atoms with E-state index in [0.29, 0.717) is 5.75 Å².